The van der Waals surface area contributed by atoms with Gasteiger partial charge in [-0.25, -0.2) is 0 Å². The van der Waals surface area contributed by atoms with E-state index in [-0.39, 0.29) is 0 Å². The molecule has 0 N–H and O–H groups in total. The van der Waals surface area contributed by atoms with E-state index < -0.39 is 0 Å². The van der Waals surface area contributed by atoms with Gasteiger partial charge in [0.2, 0.25) is 0 Å². The molecule has 21 heavy (non-hydrogen) atoms. The van der Waals surface area contributed by atoms with E-state index in [1.807, 2.05) is 0 Å². The number of piperidine rings is 1. The second kappa shape index (κ2) is 8.46. The SMILES string of the molecule is CCCCCCCc1ccc(N2C[C@H](C)C[C@@H](C)C2)cc1. The van der Waals surface area contributed by atoms with Gasteiger partial charge in [-0.1, -0.05) is 58.6 Å². The van der Waals surface area contributed by atoms with E-state index in [1.54, 1.807) is 0 Å². The third kappa shape index (κ3) is 5.37. The molecule has 0 bridgehead atoms. The molecule has 0 spiro atoms. The Morgan fingerprint density at radius 3 is 2.14 bits per heavy atom. The number of rotatable bonds is 7. The van der Waals surface area contributed by atoms with Gasteiger partial charge in [0.1, 0.15) is 0 Å². The van der Waals surface area contributed by atoms with Crippen LogP contribution in [0.4, 0.5) is 5.69 Å². The Hall–Kier alpha value is -0.980. The molecule has 1 aliphatic rings. The van der Waals surface area contributed by atoms with Crippen LogP contribution in [0, 0.1) is 11.8 Å². The quantitative estimate of drug-likeness (QED) is 0.583. The Morgan fingerprint density at radius 1 is 0.905 bits per heavy atom. The molecule has 1 fully saturated rings. The molecule has 0 unspecified atom stereocenters. The van der Waals surface area contributed by atoms with Crippen LogP contribution in [-0.2, 0) is 6.42 Å². The summed E-state index contributed by atoms with van der Waals surface area (Å²) >= 11 is 0. The standard InChI is InChI=1S/C20H33N/c1-4-5-6-7-8-9-19-10-12-20(13-11-19)21-15-17(2)14-18(3)16-21/h10-13,17-18H,4-9,14-16H2,1-3H3/t17-,18-/m1/s1. The summed E-state index contributed by atoms with van der Waals surface area (Å²) in [5, 5.41) is 0. The molecule has 1 heterocycles. The molecule has 0 aromatic heterocycles. The zero-order valence-corrected chi connectivity index (χ0v) is 14.3. The number of aryl methyl sites for hydroxylation is 1. The van der Waals surface area contributed by atoms with Gasteiger partial charge in [-0.2, -0.15) is 0 Å². The maximum absolute atomic E-state index is 2.57. The molecule has 1 aliphatic heterocycles. The van der Waals surface area contributed by atoms with Gasteiger partial charge in [-0.3, -0.25) is 0 Å². The first kappa shape index (κ1) is 16.4. The van der Waals surface area contributed by atoms with Gasteiger partial charge in [0.05, 0.1) is 0 Å². The van der Waals surface area contributed by atoms with E-state index in [0.29, 0.717) is 0 Å². The molecule has 1 saturated heterocycles. The Bertz CT molecular complexity index is 385. The second-order valence-electron chi connectivity index (χ2n) is 7.18. The molecule has 0 saturated carbocycles. The highest BCUT2D eigenvalue weighted by Crippen LogP contribution is 2.26. The third-order valence-corrected chi connectivity index (χ3v) is 4.74. The van der Waals surface area contributed by atoms with Crippen molar-refractivity contribution in [2.24, 2.45) is 11.8 Å². The van der Waals surface area contributed by atoms with Gasteiger partial charge >= 0.3 is 0 Å². The summed E-state index contributed by atoms with van der Waals surface area (Å²) in [6.45, 7) is 9.49. The number of benzene rings is 1. The molecule has 1 aromatic rings. The van der Waals surface area contributed by atoms with Crippen molar-refractivity contribution < 1.29 is 0 Å². The van der Waals surface area contributed by atoms with Crippen molar-refractivity contribution in [3.63, 3.8) is 0 Å². The molecule has 1 aromatic carbocycles. The molecular weight excluding hydrogens is 254 g/mol. The van der Waals surface area contributed by atoms with E-state index in [1.165, 1.54) is 69.3 Å². The van der Waals surface area contributed by atoms with Crippen LogP contribution in [0.1, 0.15) is 64.9 Å². The smallest absolute Gasteiger partial charge is 0.0366 e. The normalized spacial score (nSPS) is 22.5. The molecule has 118 valence electrons. The highest BCUT2D eigenvalue weighted by molar-refractivity contribution is 5.48. The summed E-state index contributed by atoms with van der Waals surface area (Å²) in [5.41, 5.74) is 2.93. The lowest BCUT2D eigenvalue weighted by atomic mass is 9.91. The Morgan fingerprint density at radius 2 is 1.52 bits per heavy atom. The average Bonchev–Trinajstić information content (AvgIpc) is 2.47. The lowest BCUT2D eigenvalue weighted by molar-refractivity contribution is 0.357. The first-order valence-corrected chi connectivity index (χ1v) is 9.03. The van der Waals surface area contributed by atoms with Crippen molar-refractivity contribution in [1.82, 2.24) is 0 Å². The van der Waals surface area contributed by atoms with Crippen molar-refractivity contribution in [3.05, 3.63) is 29.8 Å². The summed E-state index contributed by atoms with van der Waals surface area (Å²) in [6, 6.07) is 9.37. The molecule has 1 nitrogen and oxygen atoms in total. The van der Waals surface area contributed by atoms with E-state index in [0.717, 1.165) is 11.8 Å². The lowest BCUT2D eigenvalue weighted by Crippen LogP contribution is -2.38. The monoisotopic (exact) mass is 287 g/mol. The van der Waals surface area contributed by atoms with Crippen molar-refractivity contribution in [3.8, 4) is 0 Å². The average molecular weight is 287 g/mol. The van der Waals surface area contributed by atoms with E-state index in [9.17, 15) is 0 Å². The second-order valence-corrected chi connectivity index (χ2v) is 7.18. The molecule has 0 radical (unpaired) electrons. The van der Waals surface area contributed by atoms with Crippen molar-refractivity contribution in [2.75, 3.05) is 18.0 Å². The maximum atomic E-state index is 2.57. The Labute approximate surface area is 131 Å². The Kier molecular flexibility index (Phi) is 6.60. The van der Waals surface area contributed by atoms with Gasteiger partial charge < -0.3 is 4.90 Å². The summed E-state index contributed by atoms with van der Waals surface area (Å²) in [5.74, 6) is 1.65. The highest BCUT2D eigenvalue weighted by atomic mass is 15.1. The molecule has 0 aliphatic carbocycles. The number of nitrogens with zero attached hydrogens (tertiary/aromatic N) is 1. The fraction of sp³-hybridized carbons (Fsp3) is 0.700. The summed E-state index contributed by atoms with van der Waals surface area (Å²) in [6.07, 6.45) is 9.49. The van der Waals surface area contributed by atoms with Gasteiger partial charge in [0, 0.05) is 18.8 Å². The van der Waals surface area contributed by atoms with Crippen LogP contribution in [-0.4, -0.2) is 13.1 Å². The largest absolute Gasteiger partial charge is 0.371 e. The van der Waals surface area contributed by atoms with Crippen LogP contribution in [0.25, 0.3) is 0 Å². The first-order chi connectivity index (χ1) is 10.2. The van der Waals surface area contributed by atoms with Crippen LogP contribution >= 0.6 is 0 Å². The lowest BCUT2D eigenvalue weighted by Gasteiger charge is -2.36. The van der Waals surface area contributed by atoms with Crippen molar-refractivity contribution in [2.45, 2.75) is 65.7 Å². The Balaban J connectivity index is 1.81. The van der Waals surface area contributed by atoms with Crippen LogP contribution in [0.15, 0.2) is 24.3 Å². The van der Waals surface area contributed by atoms with E-state index in [4.69, 9.17) is 0 Å². The number of anilines is 1. The van der Waals surface area contributed by atoms with Crippen molar-refractivity contribution >= 4 is 5.69 Å². The minimum absolute atomic E-state index is 0.826. The number of hydrogen-bond acceptors (Lipinski definition) is 1. The van der Waals surface area contributed by atoms with Crippen LogP contribution in [0.2, 0.25) is 0 Å². The predicted molar refractivity (Wildman–Crippen MR) is 94.1 cm³/mol. The molecule has 1 heteroatoms. The fourth-order valence-electron chi connectivity index (χ4n) is 3.68. The number of hydrogen-bond donors (Lipinski definition) is 0. The summed E-state index contributed by atoms with van der Waals surface area (Å²) in [7, 11) is 0. The van der Waals surface area contributed by atoms with Gasteiger partial charge in [-0.05, 0) is 48.8 Å². The minimum Gasteiger partial charge on any atom is -0.371 e. The van der Waals surface area contributed by atoms with E-state index in [2.05, 4.69) is 49.9 Å². The fourth-order valence-corrected chi connectivity index (χ4v) is 3.68. The summed E-state index contributed by atoms with van der Waals surface area (Å²) < 4.78 is 0. The summed E-state index contributed by atoms with van der Waals surface area (Å²) in [4.78, 5) is 2.57. The van der Waals surface area contributed by atoms with Crippen LogP contribution in [0.5, 0.6) is 0 Å². The van der Waals surface area contributed by atoms with Crippen molar-refractivity contribution in [1.29, 1.82) is 0 Å². The van der Waals surface area contributed by atoms with E-state index >= 15 is 0 Å². The van der Waals surface area contributed by atoms with Gasteiger partial charge in [-0.15, -0.1) is 0 Å². The van der Waals surface area contributed by atoms with Crippen LogP contribution in [0.3, 0.4) is 0 Å². The molecule has 2 rings (SSSR count). The number of unbranched alkanes of at least 4 members (excludes halogenated alkanes) is 4. The predicted octanol–water partition coefficient (Wildman–Crippen LogP) is 5.68. The first-order valence-electron chi connectivity index (χ1n) is 9.03. The maximum Gasteiger partial charge on any atom is 0.0366 e. The molecular formula is C20H33N. The van der Waals surface area contributed by atoms with Crippen LogP contribution < -0.4 is 4.90 Å². The zero-order chi connectivity index (χ0) is 15.1. The zero-order valence-electron chi connectivity index (χ0n) is 14.3. The third-order valence-electron chi connectivity index (χ3n) is 4.74. The van der Waals surface area contributed by atoms with Gasteiger partial charge in [0.15, 0.2) is 0 Å². The molecule has 2 atom stereocenters. The topological polar surface area (TPSA) is 3.24 Å². The highest BCUT2D eigenvalue weighted by Gasteiger charge is 2.21. The minimum atomic E-state index is 0.826. The van der Waals surface area contributed by atoms with Gasteiger partial charge in [0.25, 0.3) is 0 Å². The molecule has 0 amide bonds.